The fraction of sp³-hybridized carbons (Fsp3) is 0.200. The van der Waals surface area contributed by atoms with E-state index in [1.165, 1.54) is 0 Å². The lowest BCUT2D eigenvalue weighted by Gasteiger charge is -2.21. The SMILES string of the molecule is C[C@@H](NP(C)(=O)c1ccccc1)c1ccccc1. The highest BCUT2D eigenvalue weighted by Gasteiger charge is 2.20. The maximum absolute atomic E-state index is 12.7. The van der Waals surface area contributed by atoms with E-state index in [-0.39, 0.29) is 6.04 Å². The summed E-state index contributed by atoms with van der Waals surface area (Å²) in [6.45, 7) is 3.82. The first-order valence-electron chi connectivity index (χ1n) is 6.05. The average Bonchev–Trinajstić information content (AvgIpc) is 2.40. The van der Waals surface area contributed by atoms with E-state index in [1.807, 2.05) is 67.6 Å². The Bertz CT molecular complexity index is 539. The van der Waals surface area contributed by atoms with Crippen LogP contribution in [0, 0.1) is 0 Å². The van der Waals surface area contributed by atoms with E-state index in [0.29, 0.717) is 0 Å². The third kappa shape index (κ3) is 3.10. The standard InChI is InChI=1S/C15H18NOP/c1-13(14-9-5-3-6-10-14)16-18(2,17)15-11-7-4-8-12-15/h3-13H,1-2H3,(H,16,17)/t13-,18?/m1/s1. The Kier molecular flexibility index (Phi) is 4.00. The van der Waals surface area contributed by atoms with Crippen LogP contribution in [0.15, 0.2) is 60.7 Å². The summed E-state index contributed by atoms with van der Waals surface area (Å²) in [7, 11) is -2.52. The lowest BCUT2D eigenvalue weighted by Crippen LogP contribution is -2.21. The van der Waals surface area contributed by atoms with E-state index in [0.717, 1.165) is 10.9 Å². The summed E-state index contributed by atoms with van der Waals surface area (Å²) < 4.78 is 12.7. The summed E-state index contributed by atoms with van der Waals surface area (Å²) in [6.07, 6.45) is 0. The van der Waals surface area contributed by atoms with Crippen LogP contribution in [0.5, 0.6) is 0 Å². The van der Waals surface area contributed by atoms with Gasteiger partial charge in [0.2, 0.25) is 0 Å². The molecule has 2 aromatic rings. The minimum absolute atomic E-state index is 0.0715. The van der Waals surface area contributed by atoms with E-state index in [4.69, 9.17) is 0 Å². The molecule has 2 aromatic carbocycles. The molecule has 1 N–H and O–H groups in total. The molecular formula is C15H18NOP. The lowest BCUT2D eigenvalue weighted by atomic mass is 10.1. The number of nitrogens with one attached hydrogen (secondary N) is 1. The van der Waals surface area contributed by atoms with Gasteiger partial charge >= 0.3 is 0 Å². The highest BCUT2D eigenvalue weighted by Crippen LogP contribution is 2.38. The predicted molar refractivity (Wildman–Crippen MR) is 77.6 cm³/mol. The average molecular weight is 259 g/mol. The van der Waals surface area contributed by atoms with Crippen molar-refractivity contribution in [3.63, 3.8) is 0 Å². The molecule has 0 aliphatic rings. The van der Waals surface area contributed by atoms with Crippen molar-refractivity contribution < 1.29 is 4.57 Å². The predicted octanol–water partition coefficient (Wildman–Crippen LogP) is 3.57. The third-order valence-electron chi connectivity index (χ3n) is 2.99. The zero-order valence-corrected chi connectivity index (χ0v) is 11.6. The Balaban J connectivity index is 2.17. The molecule has 0 saturated carbocycles. The first-order valence-corrected chi connectivity index (χ1v) is 8.21. The van der Waals surface area contributed by atoms with Crippen LogP contribution in [0.1, 0.15) is 18.5 Å². The van der Waals surface area contributed by atoms with Crippen LogP contribution in [0.2, 0.25) is 0 Å². The van der Waals surface area contributed by atoms with Crippen molar-refractivity contribution >= 4 is 12.6 Å². The van der Waals surface area contributed by atoms with Crippen molar-refractivity contribution in [2.75, 3.05) is 6.66 Å². The van der Waals surface area contributed by atoms with Gasteiger partial charge in [-0.05, 0) is 12.5 Å². The van der Waals surface area contributed by atoms with Crippen molar-refractivity contribution in [1.82, 2.24) is 5.09 Å². The normalized spacial score (nSPS) is 15.9. The zero-order valence-electron chi connectivity index (χ0n) is 10.7. The van der Waals surface area contributed by atoms with Gasteiger partial charge in [0.1, 0.15) is 0 Å². The van der Waals surface area contributed by atoms with Crippen molar-refractivity contribution in [1.29, 1.82) is 0 Å². The summed E-state index contributed by atoms with van der Waals surface area (Å²) in [5, 5.41) is 4.11. The molecule has 1 unspecified atom stereocenters. The van der Waals surface area contributed by atoms with Crippen molar-refractivity contribution in [3.05, 3.63) is 66.2 Å². The molecule has 0 saturated heterocycles. The molecule has 0 radical (unpaired) electrons. The first kappa shape index (κ1) is 13.1. The molecule has 0 fully saturated rings. The van der Waals surface area contributed by atoms with Crippen molar-refractivity contribution in [2.45, 2.75) is 13.0 Å². The topological polar surface area (TPSA) is 29.1 Å². The molecule has 2 rings (SSSR count). The molecule has 0 bridgehead atoms. The van der Waals surface area contributed by atoms with E-state index < -0.39 is 7.29 Å². The molecule has 2 atom stereocenters. The minimum atomic E-state index is -2.52. The number of benzene rings is 2. The zero-order chi connectivity index (χ0) is 13.0. The number of rotatable bonds is 4. The molecule has 0 amide bonds. The smallest absolute Gasteiger partial charge is 0.173 e. The second-order valence-electron chi connectivity index (χ2n) is 4.52. The fourth-order valence-electron chi connectivity index (χ4n) is 1.97. The molecule has 0 aliphatic carbocycles. The first-order chi connectivity index (χ1) is 8.59. The monoisotopic (exact) mass is 259 g/mol. The van der Waals surface area contributed by atoms with Crippen LogP contribution in [0.25, 0.3) is 0 Å². The molecule has 0 aromatic heterocycles. The Labute approximate surface area is 108 Å². The molecule has 0 spiro atoms. The van der Waals surface area contributed by atoms with Gasteiger partial charge in [-0.25, -0.2) is 0 Å². The summed E-state index contributed by atoms with van der Waals surface area (Å²) in [5.41, 5.74) is 1.15. The Morgan fingerprint density at radius 2 is 1.44 bits per heavy atom. The summed E-state index contributed by atoms with van der Waals surface area (Å²) in [6, 6.07) is 19.7. The quantitative estimate of drug-likeness (QED) is 0.850. The van der Waals surface area contributed by atoms with Gasteiger partial charge in [0.05, 0.1) is 0 Å². The van der Waals surface area contributed by atoms with E-state index in [9.17, 15) is 4.57 Å². The Morgan fingerprint density at radius 3 is 2.00 bits per heavy atom. The van der Waals surface area contributed by atoms with Gasteiger partial charge in [0, 0.05) is 18.0 Å². The molecule has 3 heteroatoms. The summed E-state index contributed by atoms with van der Waals surface area (Å²) in [4.78, 5) is 0. The largest absolute Gasteiger partial charge is 0.302 e. The van der Waals surface area contributed by atoms with E-state index >= 15 is 0 Å². The third-order valence-corrected chi connectivity index (χ3v) is 5.15. The van der Waals surface area contributed by atoms with E-state index in [1.54, 1.807) is 6.66 Å². The summed E-state index contributed by atoms with van der Waals surface area (Å²) in [5.74, 6) is 0. The van der Waals surface area contributed by atoms with E-state index in [2.05, 4.69) is 5.09 Å². The van der Waals surface area contributed by atoms with Gasteiger partial charge in [0.25, 0.3) is 0 Å². The molecule has 2 nitrogen and oxygen atoms in total. The van der Waals surface area contributed by atoms with Gasteiger partial charge < -0.3 is 4.57 Å². The molecular weight excluding hydrogens is 241 g/mol. The Hall–Kier alpha value is -1.37. The lowest BCUT2D eigenvalue weighted by molar-refractivity contribution is 0.565. The molecule has 18 heavy (non-hydrogen) atoms. The highest BCUT2D eigenvalue weighted by atomic mass is 31.2. The van der Waals surface area contributed by atoms with Gasteiger partial charge in [-0.15, -0.1) is 0 Å². The fourth-order valence-corrected chi connectivity index (χ4v) is 3.75. The van der Waals surface area contributed by atoms with Crippen molar-refractivity contribution in [2.24, 2.45) is 0 Å². The van der Waals surface area contributed by atoms with Crippen LogP contribution >= 0.6 is 7.29 Å². The van der Waals surface area contributed by atoms with Crippen LogP contribution < -0.4 is 10.4 Å². The highest BCUT2D eigenvalue weighted by molar-refractivity contribution is 7.68. The van der Waals surface area contributed by atoms with Gasteiger partial charge in [-0.1, -0.05) is 60.7 Å². The van der Waals surface area contributed by atoms with Crippen LogP contribution in [-0.4, -0.2) is 6.66 Å². The van der Waals surface area contributed by atoms with Gasteiger partial charge in [0.15, 0.2) is 7.29 Å². The van der Waals surface area contributed by atoms with Crippen LogP contribution in [-0.2, 0) is 4.57 Å². The molecule has 94 valence electrons. The van der Waals surface area contributed by atoms with Gasteiger partial charge in [-0.3, -0.25) is 5.09 Å². The molecule has 0 heterocycles. The van der Waals surface area contributed by atoms with Crippen LogP contribution in [0.3, 0.4) is 0 Å². The number of hydrogen-bond acceptors (Lipinski definition) is 1. The van der Waals surface area contributed by atoms with Gasteiger partial charge in [-0.2, -0.15) is 0 Å². The number of hydrogen-bond donors (Lipinski definition) is 1. The molecule has 0 aliphatic heterocycles. The van der Waals surface area contributed by atoms with Crippen molar-refractivity contribution in [3.8, 4) is 0 Å². The maximum atomic E-state index is 12.7. The minimum Gasteiger partial charge on any atom is -0.302 e. The Morgan fingerprint density at radius 1 is 0.944 bits per heavy atom. The second kappa shape index (κ2) is 5.51. The second-order valence-corrected chi connectivity index (χ2v) is 7.14. The van der Waals surface area contributed by atoms with Crippen LogP contribution in [0.4, 0.5) is 0 Å². The maximum Gasteiger partial charge on any atom is 0.173 e. The summed E-state index contributed by atoms with van der Waals surface area (Å²) >= 11 is 0.